The third-order valence-electron chi connectivity index (χ3n) is 6.29. The summed E-state index contributed by atoms with van der Waals surface area (Å²) in [5.41, 5.74) is 4.68. The average molecular weight is 455 g/mol. The van der Waals surface area contributed by atoms with Gasteiger partial charge in [0.05, 0.1) is 12.1 Å². The minimum Gasteiger partial charge on any atom is -0.363 e. The van der Waals surface area contributed by atoms with Gasteiger partial charge in [-0.15, -0.1) is 0 Å². The van der Waals surface area contributed by atoms with Crippen LogP contribution in [0.15, 0.2) is 66.9 Å². The summed E-state index contributed by atoms with van der Waals surface area (Å²) >= 11 is 0. The summed E-state index contributed by atoms with van der Waals surface area (Å²) in [4.78, 5) is 45.6. The molecule has 0 saturated carbocycles. The first-order chi connectivity index (χ1) is 16.5. The quantitative estimate of drug-likeness (QED) is 0.548. The number of amides is 2. The Morgan fingerprint density at radius 2 is 1.59 bits per heavy atom. The second kappa shape index (κ2) is 9.05. The highest BCUT2D eigenvalue weighted by Gasteiger charge is 2.42. The summed E-state index contributed by atoms with van der Waals surface area (Å²) < 4.78 is 0. The molecule has 1 saturated heterocycles. The minimum absolute atomic E-state index is 0.196. The molecule has 4 heterocycles. The zero-order chi connectivity index (χ0) is 23.7. The van der Waals surface area contributed by atoms with Crippen LogP contribution in [0.25, 0.3) is 5.57 Å². The van der Waals surface area contributed by atoms with Crippen molar-refractivity contribution in [1.82, 2.24) is 24.8 Å². The van der Waals surface area contributed by atoms with Crippen LogP contribution in [-0.4, -0.2) is 62.7 Å². The number of piperazine rings is 1. The van der Waals surface area contributed by atoms with Crippen molar-refractivity contribution in [2.24, 2.45) is 0 Å². The van der Waals surface area contributed by atoms with Crippen molar-refractivity contribution in [2.75, 3.05) is 31.1 Å². The van der Waals surface area contributed by atoms with Crippen LogP contribution < -0.4 is 4.90 Å². The molecule has 3 aromatic rings. The predicted molar refractivity (Wildman–Crippen MR) is 128 cm³/mol. The zero-order valence-corrected chi connectivity index (χ0v) is 19.3. The van der Waals surface area contributed by atoms with E-state index in [1.807, 2.05) is 49.1 Å². The largest absolute Gasteiger partial charge is 0.363 e. The van der Waals surface area contributed by atoms with Crippen molar-refractivity contribution in [1.29, 1.82) is 0 Å². The van der Waals surface area contributed by atoms with Crippen molar-refractivity contribution in [3.63, 3.8) is 0 Å². The van der Waals surface area contributed by atoms with Gasteiger partial charge in [0.25, 0.3) is 11.8 Å². The van der Waals surface area contributed by atoms with Crippen LogP contribution in [0.5, 0.6) is 0 Å². The van der Waals surface area contributed by atoms with Gasteiger partial charge in [-0.3, -0.25) is 19.5 Å². The number of nitrogens with zero attached hydrogens (tertiary/aromatic N) is 6. The number of hydrogen-bond donors (Lipinski definition) is 0. The fraction of sp³-hybridized carbons (Fsp3) is 0.269. The van der Waals surface area contributed by atoms with Crippen molar-refractivity contribution in [3.05, 3.63) is 89.1 Å². The fourth-order valence-electron chi connectivity index (χ4n) is 4.60. The summed E-state index contributed by atoms with van der Waals surface area (Å²) in [5.74, 6) is 0.163. The van der Waals surface area contributed by atoms with Gasteiger partial charge in [0.2, 0.25) is 5.95 Å². The molecular weight excluding hydrogens is 428 g/mol. The molecule has 0 radical (unpaired) electrons. The number of rotatable bonds is 5. The molecule has 1 aromatic carbocycles. The molecule has 2 aliphatic rings. The second-order valence-electron chi connectivity index (χ2n) is 8.62. The molecule has 172 valence electrons. The Morgan fingerprint density at radius 3 is 2.26 bits per heavy atom. The average Bonchev–Trinajstić information content (AvgIpc) is 3.10. The molecule has 5 rings (SSSR count). The number of carbonyl (C=O) groups excluding carboxylic acids is 2. The lowest BCUT2D eigenvalue weighted by Gasteiger charge is -2.36. The molecule has 0 spiro atoms. The van der Waals surface area contributed by atoms with Gasteiger partial charge in [0.1, 0.15) is 5.70 Å². The van der Waals surface area contributed by atoms with Gasteiger partial charge >= 0.3 is 0 Å². The van der Waals surface area contributed by atoms with E-state index in [4.69, 9.17) is 0 Å². The van der Waals surface area contributed by atoms with Gasteiger partial charge in [-0.1, -0.05) is 29.8 Å². The Bertz CT molecular complexity index is 1250. The van der Waals surface area contributed by atoms with E-state index in [1.54, 1.807) is 30.9 Å². The Kier molecular flexibility index (Phi) is 5.79. The normalized spacial score (nSPS) is 16.6. The highest BCUT2D eigenvalue weighted by atomic mass is 16.2. The highest BCUT2D eigenvalue weighted by molar-refractivity contribution is 6.35. The zero-order valence-electron chi connectivity index (χ0n) is 19.3. The molecule has 34 heavy (non-hydrogen) atoms. The maximum Gasteiger partial charge on any atom is 0.278 e. The standard InChI is InChI=1S/C26H26N6O2/c1-18-6-7-21(19(2)15-18)22-23(25(34)32(24(22)33)17-20-5-3-8-27-16-20)30-11-13-31(14-12-30)26-28-9-4-10-29-26/h3-10,15-16H,11-14,17H2,1-2H3. The van der Waals surface area contributed by atoms with Gasteiger partial charge in [0.15, 0.2) is 0 Å². The topological polar surface area (TPSA) is 82.5 Å². The Balaban J connectivity index is 1.48. The van der Waals surface area contributed by atoms with Crippen LogP contribution in [0.2, 0.25) is 0 Å². The van der Waals surface area contributed by atoms with Crippen LogP contribution in [0.4, 0.5) is 5.95 Å². The Morgan fingerprint density at radius 1 is 0.853 bits per heavy atom. The highest BCUT2D eigenvalue weighted by Crippen LogP contribution is 2.35. The molecule has 0 bridgehead atoms. The van der Waals surface area contributed by atoms with Gasteiger partial charge < -0.3 is 9.80 Å². The molecule has 1 fully saturated rings. The smallest absolute Gasteiger partial charge is 0.278 e. The summed E-state index contributed by atoms with van der Waals surface area (Å²) in [7, 11) is 0. The number of benzene rings is 1. The molecule has 2 aromatic heterocycles. The number of pyridine rings is 1. The van der Waals surface area contributed by atoms with E-state index in [2.05, 4.69) is 19.9 Å². The van der Waals surface area contributed by atoms with Crippen molar-refractivity contribution >= 4 is 23.3 Å². The number of aromatic nitrogens is 3. The van der Waals surface area contributed by atoms with Gasteiger partial charge in [-0.2, -0.15) is 0 Å². The number of carbonyl (C=O) groups is 2. The lowest BCUT2D eigenvalue weighted by atomic mass is 9.97. The van der Waals surface area contributed by atoms with Crippen molar-refractivity contribution in [2.45, 2.75) is 20.4 Å². The molecule has 0 unspecified atom stereocenters. The van der Waals surface area contributed by atoms with Crippen LogP contribution in [-0.2, 0) is 16.1 Å². The maximum absolute atomic E-state index is 13.7. The Hall–Kier alpha value is -4.07. The van der Waals surface area contributed by atoms with E-state index in [0.29, 0.717) is 43.4 Å². The van der Waals surface area contributed by atoms with Crippen LogP contribution in [0, 0.1) is 13.8 Å². The van der Waals surface area contributed by atoms with E-state index in [0.717, 1.165) is 22.3 Å². The van der Waals surface area contributed by atoms with E-state index in [1.165, 1.54) is 4.90 Å². The molecule has 2 amide bonds. The predicted octanol–water partition coefficient (Wildman–Crippen LogP) is 2.59. The molecule has 2 aliphatic heterocycles. The monoisotopic (exact) mass is 454 g/mol. The van der Waals surface area contributed by atoms with E-state index in [9.17, 15) is 9.59 Å². The SMILES string of the molecule is Cc1ccc(C2=C(N3CCN(c4ncccn4)CC3)C(=O)N(Cc3cccnc3)C2=O)c(C)c1. The van der Waals surface area contributed by atoms with E-state index < -0.39 is 0 Å². The number of imide groups is 1. The summed E-state index contributed by atoms with van der Waals surface area (Å²) in [5, 5.41) is 0. The molecule has 0 atom stereocenters. The third kappa shape index (κ3) is 4.03. The fourth-order valence-corrected chi connectivity index (χ4v) is 4.60. The molecule has 0 aliphatic carbocycles. The molecule has 8 nitrogen and oxygen atoms in total. The molecular formula is C26H26N6O2. The Labute approximate surface area is 198 Å². The number of anilines is 1. The lowest BCUT2D eigenvalue weighted by molar-refractivity contribution is -0.138. The molecule has 8 heteroatoms. The summed E-state index contributed by atoms with van der Waals surface area (Å²) in [6, 6.07) is 11.5. The number of aryl methyl sites for hydroxylation is 2. The molecule has 0 N–H and O–H groups in total. The van der Waals surface area contributed by atoms with Gasteiger partial charge in [-0.25, -0.2) is 9.97 Å². The van der Waals surface area contributed by atoms with Gasteiger partial charge in [0, 0.05) is 51.0 Å². The summed E-state index contributed by atoms with van der Waals surface area (Å²) in [6.07, 6.45) is 6.82. The first-order valence-corrected chi connectivity index (χ1v) is 11.4. The second-order valence-corrected chi connectivity index (χ2v) is 8.62. The number of hydrogen-bond acceptors (Lipinski definition) is 7. The van der Waals surface area contributed by atoms with Crippen molar-refractivity contribution < 1.29 is 9.59 Å². The van der Waals surface area contributed by atoms with Gasteiger partial charge in [-0.05, 0) is 42.7 Å². The lowest BCUT2D eigenvalue weighted by Crippen LogP contribution is -2.48. The summed E-state index contributed by atoms with van der Waals surface area (Å²) in [6.45, 7) is 6.73. The third-order valence-corrected chi connectivity index (χ3v) is 6.29. The van der Waals surface area contributed by atoms with Crippen LogP contribution >= 0.6 is 0 Å². The first-order valence-electron chi connectivity index (χ1n) is 11.4. The van der Waals surface area contributed by atoms with Crippen LogP contribution in [0.1, 0.15) is 22.3 Å². The maximum atomic E-state index is 13.7. The first kappa shape index (κ1) is 21.8. The minimum atomic E-state index is -0.260. The van der Waals surface area contributed by atoms with E-state index >= 15 is 0 Å². The van der Waals surface area contributed by atoms with Crippen LogP contribution in [0.3, 0.4) is 0 Å². The van der Waals surface area contributed by atoms with Crippen molar-refractivity contribution in [3.8, 4) is 0 Å². The van der Waals surface area contributed by atoms with E-state index in [-0.39, 0.29) is 18.4 Å².